The molecule has 4 aliphatic rings. The summed E-state index contributed by atoms with van der Waals surface area (Å²) >= 11 is 0. The summed E-state index contributed by atoms with van der Waals surface area (Å²) in [6.45, 7) is 2.38. The molecule has 4 nitrogen and oxygen atoms in total. The van der Waals surface area contributed by atoms with Crippen molar-refractivity contribution in [3.05, 3.63) is 35.6 Å². The van der Waals surface area contributed by atoms with Gasteiger partial charge >= 0.3 is 0 Å². The molecule has 3 atom stereocenters. The maximum atomic E-state index is 13.2. The van der Waals surface area contributed by atoms with Crippen molar-refractivity contribution in [3.8, 4) is 0 Å². The van der Waals surface area contributed by atoms with E-state index in [4.69, 9.17) is 0 Å². The Hall–Kier alpha value is -1.46. The summed E-state index contributed by atoms with van der Waals surface area (Å²) in [6, 6.07) is 7.20. The lowest BCUT2D eigenvalue weighted by Crippen LogP contribution is -2.61. The number of piperidine rings is 3. The van der Waals surface area contributed by atoms with Crippen LogP contribution in [0.2, 0.25) is 0 Å². The number of aliphatic hydroxyl groups is 1. The first kappa shape index (κ1) is 14.2. The second-order valence-electron chi connectivity index (χ2n) is 6.72. The van der Waals surface area contributed by atoms with E-state index >= 15 is 0 Å². The maximum absolute atomic E-state index is 13.2. The lowest BCUT2D eigenvalue weighted by molar-refractivity contribution is -0.138. The van der Waals surface area contributed by atoms with E-state index < -0.39 is 6.61 Å². The molecule has 5 rings (SSSR count). The molecular weight excluding hydrogens is 283 g/mol. The molecule has 0 aromatic heterocycles. The highest BCUT2D eigenvalue weighted by molar-refractivity contribution is 5.78. The molecule has 0 saturated carbocycles. The van der Waals surface area contributed by atoms with E-state index in [1.807, 2.05) is 17.0 Å². The predicted octanol–water partition coefficient (Wildman–Crippen LogP) is 1.21. The number of fused-ring (bicyclic) bond motifs is 2. The van der Waals surface area contributed by atoms with Crippen molar-refractivity contribution in [2.24, 2.45) is 5.92 Å². The summed E-state index contributed by atoms with van der Waals surface area (Å²) in [5.74, 6) is 0.348. The second-order valence-corrected chi connectivity index (χ2v) is 6.72. The average Bonchev–Trinajstić information content (AvgIpc) is 2.99. The predicted molar refractivity (Wildman–Crippen MR) is 79.8 cm³/mol. The Morgan fingerprint density at radius 1 is 1.18 bits per heavy atom. The Balaban J connectivity index is 1.70. The minimum atomic E-state index is -0.425. The van der Waals surface area contributed by atoms with E-state index in [-0.39, 0.29) is 23.7 Å². The van der Waals surface area contributed by atoms with Crippen molar-refractivity contribution in [1.29, 1.82) is 0 Å². The summed E-state index contributed by atoms with van der Waals surface area (Å²) in [4.78, 5) is 16.5. The number of nitrogens with zero attached hydrogens (tertiary/aromatic N) is 2. The molecular formula is C17H21FN2O2. The minimum Gasteiger partial charge on any atom is -0.387 e. The fourth-order valence-electron chi connectivity index (χ4n) is 4.80. The highest BCUT2D eigenvalue weighted by atomic mass is 19.1. The van der Waals surface area contributed by atoms with Gasteiger partial charge < -0.3 is 10.0 Å². The van der Waals surface area contributed by atoms with Gasteiger partial charge in [-0.25, -0.2) is 4.39 Å². The van der Waals surface area contributed by atoms with Crippen LogP contribution in [0.15, 0.2) is 24.3 Å². The van der Waals surface area contributed by atoms with Gasteiger partial charge in [-0.1, -0.05) is 12.1 Å². The number of rotatable bonds is 2. The van der Waals surface area contributed by atoms with Gasteiger partial charge in [-0.2, -0.15) is 0 Å². The van der Waals surface area contributed by atoms with Gasteiger partial charge in [0, 0.05) is 18.5 Å². The molecule has 4 aliphatic heterocycles. The number of amides is 1. The molecule has 0 radical (unpaired) electrons. The summed E-state index contributed by atoms with van der Waals surface area (Å²) < 4.78 is 13.2. The first-order valence-electron chi connectivity index (χ1n) is 8.09. The molecule has 22 heavy (non-hydrogen) atoms. The zero-order valence-corrected chi connectivity index (χ0v) is 12.5. The Morgan fingerprint density at radius 2 is 1.86 bits per heavy atom. The fraction of sp³-hybridized carbons (Fsp3) is 0.588. The molecule has 4 fully saturated rings. The molecule has 4 saturated heterocycles. The van der Waals surface area contributed by atoms with Gasteiger partial charge in [0.2, 0.25) is 5.91 Å². The van der Waals surface area contributed by atoms with E-state index in [1.54, 1.807) is 0 Å². The molecule has 118 valence electrons. The Kier molecular flexibility index (Phi) is 3.42. The molecule has 1 N–H and O–H groups in total. The van der Waals surface area contributed by atoms with Crippen LogP contribution in [0.5, 0.6) is 0 Å². The zero-order chi connectivity index (χ0) is 15.3. The van der Waals surface area contributed by atoms with E-state index in [1.165, 1.54) is 12.1 Å². The monoisotopic (exact) mass is 304 g/mol. The Morgan fingerprint density at radius 3 is 2.50 bits per heavy atom. The van der Waals surface area contributed by atoms with Crippen LogP contribution < -0.4 is 0 Å². The Bertz CT molecular complexity index is 569. The van der Waals surface area contributed by atoms with Gasteiger partial charge in [0.15, 0.2) is 0 Å². The molecule has 1 amide bonds. The van der Waals surface area contributed by atoms with Crippen molar-refractivity contribution < 1.29 is 14.3 Å². The van der Waals surface area contributed by atoms with Gasteiger partial charge in [0.1, 0.15) is 12.4 Å². The van der Waals surface area contributed by atoms with Crippen LogP contribution in [-0.4, -0.2) is 59.1 Å². The quantitative estimate of drug-likeness (QED) is 0.893. The second kappa shape index (κ2) is 5.32. The molecule has 1 aromatic carbocycles. The van der Waals surface area contributed by atoms with Crippen molar-refractivity contribution in [1.82, 2.24) is 9.80 Å². The first-order valence-corrected chi connectivity index (χ1v) is 8.09. The highest BCUT2D eigenvalue weighted by Crippen LogP contribution is 2.46. The molecule has 2 bridgehead atoms. The molecule has 4 heterocycles. The van der Waals surface area contributed by atoms with Gasteiger partial charge in [-0.3, -0.25) is 9.69 Å². The van der Waals surface area contributed by atoms with Crippen LogP contribution in [0.1, 0.15) is 24.3 Å². The van der Waals surface area contributed by atoms with Crippen molar-refractivity contribution in [2.45, 2.75) is 30.8 Å². The van der Waals surface area contributed by atoms with Crippen LogP contribution in [0.4, 0.5) is 4.39 Å². The maximum Gasteiger partial charge on any atom is 0.248 e. The van der Waals surface area contributed by atoms with Crippen molar-refractivity contribution in [2.75, 3.05) is 26.2 Å². The van der Waals surface area contributed by atoms with Crippen LogP contribution in [0.25, 0.3) is 0 Å². The minimum absolute atomic E-state index is 0.173. The topological polar surface area (TPSA) is 43.8 Å². The number of benzene rings is 1. The number of hydrogen-bond acceptors (Lipinski definition) is 3. The van der Waals surface area contributed by atoms with E-state index in [0.717, 1.165) is 31.5 Å². The largest absolute Gasteiger partial charge is 0.387 e. The molecule has 0 aliphatic carbocycles. The molecule has 0 unspecified atom stereocenters. The van der Waals surface area contributed by atoms with Crippen LogP contribution in [0.3, 0.4) is 0 Å². The van der Waals surface area contributed by atoms with Gasteiger partial charge in [0.25, 0.3) is 0 Å². The highest BCUT2D eigenvalue weighted by Gasteiger charge is 2.54. The third kappa shape index (κ3) is 2.07. The van der Waals surface area contributed by atoms with E-state index in [0.29, 0.717) is 18.5 Å². The molecule has 1 aromatic rings. The van der Waals surface area contributed by atoms with Crippen LogP contribution >= 0.6 is 0 Å². The third-order valence-electron chi connectivity index (χ3n) is 5.75. The smallest absolute Gasteiger partial charge is 0.248 e. The van der Waals surface area contributed by atoms with Crippen LogP contribution in [-0.2, 0) is 4.79 Å². The lowest BCUT2D eigenvalue weighted by atomic mass is 9.75. The van der Waals surface area contributed by atoms with Crippen LogP contribution in [0, 0.1) is 11.7 Å². The summed E-state index contributed by atoms with van der Waals surface area (Å²) in [7, 11) is 0. The summed E-state index contributed by atoms with van der Waals surface area (Å²) in [5, 5.41) is 9.29. The lowest BCUT2D eigenvalue weighted by Gasteiger charge is -2.51. The standard InChI is InChI=1S/C17H21FN2O2/c18-13-3-1-11(2-4-13)14-9-20(15(22)10-21)16-12-5-7-19(8-6-12)17(14)16/h1-4,12,14,16-17,21H,5-10H2/t14-,16+,17+/m0/s1. The van der Waals surface area contributed by atoms with Gasteiger partial charge in [-0.15, -0.1) is 0 Å². The third-order valence-corrected chi connectivity index (χ3v) is 5.75. The normalized spacial score (nSPS) is 36.5. The molecule has 0 spiro atoms. The number of halogens is 1. The first-order chi connectivity index (χ1) is 10.7. The van der Waals surface area contributed by atoms with E-state index in [2.05, 4.69) is 4.90 Å². The SMILES string of the molecule is O=C(CO)N1C[C@@H](c2ccc(F)cc2)[C@@H]2[C@H]1C1CCN2CC1. The Labute approximate surface area is 129 Å². The average molecular weight is 304 g/mol. The van der Waals surface area contributed by atoms with Gasteiger partial charge in [-0.05, 0) is 49.5 Å². The number of hydrogen-bond donors (Lipinski definition) is 1. The van der Waals surface area contributed by atoms with Crippen molar-refractivity contribution >= 4 is 5.91 Å². The van der Waals surface area contributed by atoms with Gasteiger partial charge in [0.05, 0.1) is 6.04 Å². The van der Waals surface area contributed by atoms with Crippen molar-refractivity contribution in [3.63, 3.8) is 0 Å². The zero-order valence-electron chi connectivity index (χ0n) is 12.5. The number of likely N-dealkylation sites (tertiary alicyclic amines) is 1. The summed E-state index contributed by atoms with van der Waals surface area (Å²) in [6.07, 6.45) is 2.26. The fourth-order valence-corrected chi connectivity index (χ4v) is 4.80. The number of carbonyl (C=O) groups is 1. The van der Waals surface area contributed by atoms with E-state index in [9.17, 15) is 14.3 Å². The summed E-state index contributed by atoms with van der Waals surface area (Å²) in [5.41, 5.74) is 1.09. The molecule has 5 heteroatoms. The number of aliphatic hydroxyl groups excluding tert-OH is 1. The number of carbonyl (C=O) groups excluding carboxylic acids is 1.